The van der Waals surface area contributed by atoms with Gasteiger partial charge in [0.2, 0.25) is 0 Å². The summed E-state index contributed by atoms with van der Waals surface area (Å²) < 4.78 is 1.02. The molecule has 2 aromatic rings. The molecule has 1 aromatic carbocycles. The molecule has 86 valence electrons. The van der Waals surface area contributed by atoms with E-state index >= 15 is 0 Å². The maximum Gasteiger partial charge on any atom is 0.337 e. The molecular weight excluding hydrogens is 302 g/mol. The van der Waals surface area contributed by atoms with E-state index < -0.39 is 5.97 Å². The van der Waals surface area contributed by atoms with Gasteiger partial charge in [-0.3, -0.25) is 0 Å². The Balaban J connectivity index is 2.13. The summed E-state index contributed by atoms with van der Waals surface area (Å²) in [5.74, 6) is -0.960. The number of hydrogen-bond acceptors (Lipinski definition) is 3. The molecule has 0 aliphatic rings. The van der Waals surface area contributed by atoms with Gasteiger partial charge in [0.15, 0.2) is 0 Å². The maximum absolute atomic E-state index is 10.7. The maximum atomic E-state index is 10.7. The summed E-state index contributed by atoms with van der Waals surface area (Å²) in [6, 6.07) is 11.1. The van der Waals surface area contributed by atoms with Crippen molar-refractivity contribution in [2.24, 2.45) is 0 Å². The summed E-state index contributed by atoms with van der Waals surface area (Å²) in [7, 11) is 0. The van der Waals surface area contributed by atoms with Gasteiger partial charge in [0.1, 0.15) is 5.03 Å². The van der Waals surface area contributed by atoms with E-state index in [4.69, 9.17) is 5.11 Å². The van der Waals surface area contributed by atoms with Crippen LogP contribution in [0.2, 0.25) is 0 Å². The minimum Gasteiger partial charge on any atom is -0.478 e. The molecule has 0 bridgehead atoms. The topological polar surface area (TPSA) is 50.2 Å². The Bertz CT molecular complexity index is 525. The Morgan fingerprint density at radius 3 is 2.41 bits per heavy atom. The SMILES string of the molecule is O=C(O)c1ccc(Sc2ccc(Br)cc2)nc1. The van der Waals surface area contributed by atoms with Crippen molar-refractivity contribution in [3.05, 3.63) is 52.6 Å². The summed E-state index contributed by atoms with van der Waals surface area (Å²) in [4.78, 5) is 15.8. The molecular formula is C12H8BrNO2S. The highest BCUT2D eigenvalue weighted by Gasteiger charge is 2.04. The molecule has 0 saturated carbocycles. The molecule has 0 saturated heterocycles. The van der Waals surface area contributed by atoms with Crippen molar-refractivity contribution < 1.29 is 9.90 Å². The standard InChI is InChI=1S/C12H8BrNO2S/c13-9-2-4-10(5-3-9)17-11-6-1-8(7-14-11)12(15)16/h1-7H,(H,15,16). The van der Waals surface area contributed by atoms with Crippen LogP contribution in [0, 0.1) is 0 Å². The van der Waals surface area contributed by atoms with Crippen LogP contribution in [0.5, 0.6) is 0 Å². The first-order chi connectivity index (χ1) is 8.15. The van der Waals surface area contributed by atoms with E-state index in [-0.39, 0.29) is 5.56 Å². The first kappa shape index (κ1) is 12.1. The second-order valence-corrected chi connectivity index (χ2v) is 5.26. The lowest BCUT2D eigenvalue weighted by atomic mass is 10.3. The third-order valence-corrected chi connectivity index (χ3v) is 3.51. The third kappa shape index (κ3) is 3.31. The third-order valence-electron chi connectivity index (χ3n) is 2.02. The molecule has 0 fully saturated rings. The number of carbonyl (C=O) groups is 1. The van der Waals surface area contributed by atoms with E-state index in [1.165, 1.54) is 18.0 Å². The van der Waals surface area contributed by atoms with Crippen LogP contribution in [0.1, 0.15) is 10.4 Å². The highest BCUT2D eigenvalue weighted by Crippen LogP contribution is 2.26. The van der Waals surface area contributed by atoms with Crippen molar-refractivity contribution in [1.29, 1.82) is 0 Å². The highest BCUT2D eigenvalue weighted by molar-refractivity contribution is 9.10. The minimum atomic E-state index is -0.960. The van der Waals surface area contributed by atoms with E-state index in [9.17, 15) is 4.79 Å². The molecule has 0 amide bonds. The van der Waals surface area contributed by atoms with Gasteiger partial charge in [0, 0.05) is 15.6 Å². The molecule has 1 N–H and O–H groups in total. The average molecular weight is 310 g/mol. The molecule has 1 heterocycles. The van der Waals surface area contributed by atoms with Crippen LogP contribution in [-0.2, 0) is 0 Å². The quantitative estimate of drug-likeness (QED) is 0.939. The number of aromatic carboxylic acids is 1. The van der Waals surface area contributed by atoms with Crippen molar-refractivity contribution in [3.8, 4) is 0 Å². The Morgan fingerprint density at radius 1 is 1.18 bits per heavy atom. The second-order valence-electron chi connectivity index (χ2n) is 3.25. The van der Waals surface area contributed by atoms with E-state index in [1.54, 1.807) is 12.1 Å². The monoisotopic (exact) mass is 309 g/mol. The lowest BCUT2D eigenvalue weighted by molar-refractivity contribution is 0.0696. The van der Waals surface area contributed by atoms with Gasteiger partial charge in [-0.25, -0.2) is 9.78 Å². The van der Waals surface area contributed by atoms with Gasteiger partial charge in [-0.2, -0.15) is 0 Å². The Labute approximate surface area is 111 Å². The number of rotatable bonds is 3. The van der Waals surface area contributed by atoms with Crippen LogP contribution < -0.4 is 0 Å². The van der Waals surface area contributed by atoms with E-state index in [2.05, 4.69) is 20.9 Å². The van der Waals surface area contributed by atoms with Crippen molar-refractivity contribution in [1.82, 2.24) is 4.98 Å². The summed E-state index contributed by atoms with van der Waals surface area (Å²) in [5.41, 5.74) is 0.199. The summed E-state index contributed by atoms with van der Waals surface area (Å²) >= 11 is 4.86. The van der Waals surface area contributed by atoms with Gasteiger partial charge in [0.25, 0.3) is 0 Å². The Hall–Kier alpha value is -1.33. The zero-order chi connectivity index (χ0) is 12.3. The van der Waals surface area contributed by atoms with Crippen LogP contribution in [0.15, 0.2) is 57.0 Å². The van der Waals surface area contributed by atoms with E-state index in [0.29, 0.717) is 0 Å². The first-order valence-corrected chi connectivity index (χ1v) is 6.39. The van der Waals surface area contributed by atoms with E-state index in [1.807, 2.05) is 24.3 Å². The molecule has 0 aliphatic carbocycles. The summed E-state index contributed by atoms with van der Waals surface area (Å²) in [6.07, 6.45) is 1.36. The normalized spacial score (nSPS) is 10.2. The van der Waals surface area contributed by atoms with Crippen LogP contribution in [-0.4, -0.2) is 16.1 Å². The second kappa shape index (κ2) is 5.33. The zero-order valence-corrected chi connectivity index (χ0v) is 11.0. The number of nitrogens with zero attached hydrogens (tertiary/aromatic N) is 1. The Morgan fingerprint density at radius 2 is 1.88 bits per heavy atom. The molecule has 0 unspecified atom stereocenters. The van der Waals surface area contributed by atoms with Crippen molar-refractivity contribution in [3.63, 3.8) is 0 Å². The van der Waals surface area contributed by atoms with Crippen molar-refractivity contribution in [2.75, 3.05) is 0 Å². The predicted octanol–water partition coefficient (Wildman–Crippen LogP) is 3.69. The average Bonchev–Trinajstić information content (AvgIpc) is 2.33. The smallest absolute Gasteiger partial charge is 0.337 e. The zero-order valence-electron chi connectivity index (χ0n) is 8.63. The van der Waals surface area contributed by atoms with Crippen LogP contribution in [0.4, 0.5) is 0 Å². The van der Waals surface area contributed by atoms with Crippen molar-refractivity contribution >= 4 is 33.7 Å². The van der Waals surface area contributed by atoms with Gasteiger partial charge >= 0.3 is 5.97 Å². The number of halogens is 1. The number of carboxylic acid groups (broad SMARTS) is 1. The Kier molecular flexibility index (Phi) is 3.81. The molecule has 1 aromatic heterocycles. The first-order valence-electron chi connectivity index (χ1n) is 4.78. The fraction of sp³-hybridized carbons (Fsp3) is 0. The predicted molar refractivity (Wildman–Crippen MR) is 69.5 cm³/mol. The summed E-state index contributed by atoms with van der Waals surface area (Å²) in [6.45, 7) is 0. The van der Waals surface area contributed by atoms with Crippen LogP contribution >= 0.6 is 27.7 Å². The molecule has 17 heavy (non-hydrogen) atoms. The molecule has 3 nitrogen and oxygen atoms in total. The molecule has 0 atom stereocenters. The minimum absolute atomic E-state index is 0.199. The number of hydrogen-bond donors (Lipinski definition) is 1. The van der Waals surface area contributed by atoms with Gasteiger partial charge < -0.3 is 5.11 Å². The molecule has 2 rings (SSSR count). The molecule has 0 spiro atoms. The molecule has 0 radical (unpaired) electrons. The number of aromatic nitrogens is 1. The largest absolute Gasteiger partial charge is 0.478 e. The van der Waals surface area contributed by atoms with Gasteiger partial charge in [-0.05, 0) is 36.4 Å². The van der Waals surface area contributed by atoms with Gasteiger partial charge in [-0.1, -0.05) is 27.7 Å². The highest BCUT2D eigenvalue weighted by atomic mass is 79.9. The van der Waals surface area contributed by atoms with E-state index in [0.717, 1.165) is 14.4 Å². The van der Waals surface area contributed by atoms with Crippen molar-refractivity contribution in [2.45, 2.75) is 9.92 Å². The summed E-state index contributed by atoms with van der Waals surface area (Å²) in [5, 5.41) is 9.52. The lowest BCUT2D eigenvalue weighted by Crippen LogP contribution is -1.96. The lowest BCUT2D eigenvalue weighted by Gasteiger charge is -2.01. The fourth-order valence-electron chi connectivity index (χ4n) is 1.19. The van der Waals surface area contributed by atoms with Gasteiger partial charge in [0.05, 0.1) is 5.56 Å². The molecule has 0 aliphatic heterocycles. The molecule has 5 heteroatoms. The fourth-order valence-corrected chi connectivity index (χ4v) is 2.21. The number of pyridine rings is 1. The number of carboxylic acids is 1. The van der Waals surface area contributed by atoms with Crippen LogP contribution in [0.3, 0.4) is 0 Å². The van der Waals surface area contributed by atoms with Crippen LogP contribution in [0.25, 0.3) is 0 Å². The number of benzene rings is 1. The van der Waals surface area contributed by atoms with Gasteiger partial charge in [-0.15, -0.1) is 0 Å².